The van der Waals surface area contributed by atoms with E-state index in [1.165, 1.54) is 81.5 Å². The van der Waals surface area contributed by atoms with Gasteiger partial charge in [-0.05, 0) is 105 Å². The molecule has 0 bridgehead atoms. The number of hydrogen-bond donors (Lipinski definition) is 0. The molecule has 1 fully saturated rings. The van der Waals surface area contributed by atoms with E-state index in [0.717, 1.165) is 22.5 Å². The van der Waals surface area contributed by atoms with Gasteiger partial charge in [0, 0.05) is 23.5 Å². The molecule has 212 valence electrons. The second-order valence-corrected chi connectivity index (χ2v) is 12.0. The van der Waals surface area contributed by atoms with Gasteiger partial charge in [-0.15, -0.1) is 0 Å². The topological polar surface area (TPSA) is 25.8 Å². The number of hydrogen-bond acceptors (Lipinski definition) is 2. The lowest BCUT2D eigenvalue weighted by Gasteiger charge is -2.24. The Bertz CT molecular complexity index is 2090. The normalized spacial score (nSPS) is 13.8. The zero-order valence-electron chi connectivity index (χ0n) is 24.8. The Kier molecular flexibility index (Phi) is 6.96. The Morgan fingerprint density at radius 3 is 1.50 bits per heavy atom. The van der Waals surface area contributed by atoms with Gasteiger partial charge in [0.25, 0.3) is 0 Å². The molecule has 1 saturated carbocycles. The second-order valence-electron chi connectivity index (χ2n) is 12.0. The predicted molar refractivity (Wildman–Crippen MR) is 185 cm³/mol. The molecule has 2 heteroatoms. The fourth-order valence-corrected chi connectivity index (χ4v) is 7.24. The molecule has 1 aliphatic carbocycles. The fraction of sp³-hybridized carbons (Fsp3) is 0.143. The maximum Gasteiger partial charge on any atom is 0.0702 e. The number of nitrogens with zero attached hydrogens (tertiary/aromatic N) is 2. The van der Waals surface area contributed by atoms with Crippen molar-refractivity contribution in [3.63, 3.8) is 0 Å². The van der Waals surface area contributed by atoms with Crippen LogP contribution in [0.2, 0.25) is 0 Å². The van der Waals surface area contributed by atoms with Crippen molar-refractivity contribution in [1.29, 1.82) is 0 Å². The summed E-state index contributed by atoms with van der Waals surface area (Å²) in [6, 6.07) is 46.3. The first-order valence-corrected chi connectivity index (χ1v) is 15.9. The van der Waals surface area contributed by atoms with Gasteiger partial charge >= 0.3 is 0 Å². The van der Waals surface area contributed by atoms with E-state index in [0.29, 0.717) is 5.92 Å². The largest absolute Gasteiger partial charge is 0.256 e. The summed E-state index contributed by atoms with van der Waals surface area (Å²) >= 11 is 0. The molecule has 0 unspecified atom stereocenters. The molecule has 0 spiro atoms. The maximum atomic E-state index is 4.67. The molecule has 0 N–H and O–H groups in total. The summed E-state index contributed by atoms with van der Waals surface area (Å²) in [5.74, 6) is 0.628. The molecule has 44 heavy (non-hydrogen) atoms. The first-order valence-electron chi connectivity index (χ1n) is 15.9. The molecule has 7 aromatic rings. The van der Waals surface area contributed by atoms with Gasteiger partial charge in [0.15, 0.2) is 0 Å². The minimum atomic E-state index is 0.628. The number of aromatic nitrogens is 2. The van der Waals surface area contributed by atoms with E-state index in [1.807, 2.05) is 24.5 Å². The average Bonchev–Trinajstić information content (AvgIpc) is 3.11. The van der Waals surface area contributed by atoms with E-state index < -0.39 is 0 Å². The highest BCUT2D eigenvalue weighted by molar-refractivity contribution is 6.21. The molecular formula is C42H34N2. The Balaban J connectivity index is 1.42. The van der Waals surface area contributed by atoms with Gasteiger partial charge in [-0.2, -0.15) is 0 Å². The van der Waals surface area contributed by atoms with Gasteiger partial charge in [-0.1, -0.05) is 110 Å². The van der Waals surface area contributed by atoms with Crippen molar-refractivity contribution in [2.45, 2.75) is 38.0 Å². The molecule has 0 radical (unpaired) electrons. The molecule has 0 aliphatic heterocycles. The van der Waals surface area contributed by atoms with Crippen molar-refractivity contribution in [1.82, 2.24) is 9.97 Å². The minimum absolute atomic E-state index is 0.628. The van der Waals surface area contributed by atoms with Crippen LogP contribution in [0, 0.1) is 0 Å². The quantitative estimate of drug-likeness (QED) is 0.194. The molecule has 0 amide bonds. The lowest BCUT2D eigenvalue weighted by atomic mass is 9.80. The maximum absolute atomic E-state index is 4.67. The van der Waals surface area contributed by atoms with Crippen LogP contribution < -0.4 is 0 Å². The Morgan fingerprint density at radius 1 is 0.409 bits per heavy atom. The summed E-state index contributed by atoms with van der Waals surface area (Å²) in [7, 11) is 0. The standard InChI is InChI=1S/C42H34N2/c1-2-12-29(13-3-1)30-22-23-37-38(28-30)42(34-17-11-15-32(27-34)40-21-7-9-25-44-40)36-19-5-4-18-35(36)41(37)33-16-10-14-31(26-33)39-20-6-8-24-43-39/h4-11,14-29H,1-3,12-13H2. The lowest BCUT2D eigenvalue weighted by molar-refractivity contribution is 0.444. The SMILES string of the molecule is c1ccc(-c2cccc(-c3c4ccccc4c(-c4cccc(-c5ccccn5)c4)c4cc(C5CCCCC5)ccc34)c2)nc1. The Morgan fingerprint density at radius 2 is 0.932 bits per heavy atom. The van der Waals surface area contributed by atoms with Crippen LogP contribution in [0.15, 0.2) is 140 Å². The summed E-state index contributed by atoms with van der Waals surface area (Å²) in [5.41, 5.74) is 10.8. The van der Waals surface area contributed by atoms with Crippen LogP contribution in [0.3, 0.4) is 0 Å². The average molecular weight is 567 g/mol. The summed E-state index contributed by atoms with van der Waals surface area (Å²) in [5, 5.41) is 5.15. The number of fused-ring (bicyclic) bond motifs is 2. The van der Waals surface area contributed by atoms with Gasteiger partial charge in [-0.3, -0.25) is 9.97 Å². The molecular weight excluding hydrogens is 532 g/mol. The van der Waals surface area contributed by atoms with Crippen molar-refractivity contribution in [3.05, 3.63) is 145 Å². The van der Waals surface area contributed by atoms with Crippen LogP contribution in [0.4, 0.5) is 0 Å². The van der Waals surface area contributed by atoms with Crippen LogP contribution in [0.25, 0.3) is 66.3 Å². The molecule has 2 nitrogen and oxygen atoms in total. The molecule has 0 atom stereocenters. The molecule has 2 aromatic heterocycles. The zero-order chi connectivity index (χ0) is 29.3. The Hall–Kier alpha value is -5.08. The Labute approximate surface area is 259 Å². The van der Waals surface area contributed by atoms with Crippen LogP contribution in [-0.2, 0) is 0 Å². The van der Waals surface area contributed by atoms with E-state index in [2.05, 4.69) is 125 Å². The molecule has 0 saturated heterocycles. The lowest BCUT2D eigenvalue weighted by Crippen LogP contribution is -2.04. The predicted octanol–water partition coefficient (Wildman–Crippen LogP) is 11.5. The fourth-order valence-electron chi connectivity index (χ4n) is 7.24. The molecule has 5 aromatic carbocycles. The van der Waals surface area contributed by atoms with Crippen molar-refractivity contribution < 1.29 is 0 Å². The van der Waals surface area contributed by atoms with Gasteiger partial charge in [-0.25, -0.2) is 0 Å². The number of pyridine rings is 2. The summed E-state index contributed by atoms with van der Waals surface area (Å²) in [6.07, 6.45) is 10.3. The highest BCUT2D eigenvalue weighted by atomic mass is 14.7. The highest BCUT2D eigenvalue weighted by Crippen LogP contribution is 2.46. The zero-order valence-corrected chi connectivity index (χ0v) is 24.8. The minimum Gasteiger partial charge on any atom is -0.256 e. The van der Waals surface area contributed by atoms with Crippen molar-refractivity contribution in [2.24, 2.45) is 0 Å². The van der Waals surface area contributed by atoms with Crippen LogP contribution in [0.1, 0.15) is 43.6 Å². The van der Waals surface area contributed by atoms with Crippen molar-refractivity contribution >= 4 is 21.5 Å². The van der Waals surface area contributed by atoms with Crippen molar-refractivity contribution in [2.75, 3.05) is 0 Å². The molecule has 8 rings (SSSR count). The van der Waals surface area contributed by atoms with Crippen LogP contribution in [-0.4, -0.2) is 9.97 Å². The van der Waals surface area contributed by atoms with Crippen molar-refractivity contribution in [3.8, 4) is 44.8 Å². The first kappa shape index (κ1) is 26.5. The molecule has 2 heterocycles. The van der Waals surface area contributed by atoms with E-state index in [4.69, 9.17) is 0 Å². The number of rotatable bonds is 5. The van der Waals surface area contributed by atoms with E-state index in [-0.39, 0.29) is 0 Å². The molecule has 1 aliphatic rings. The van der Waals surface area contributed by atoms with E-state index in [9.17, 15) is 0 Å². The summed E-state index contributed by atoms with van der Waals surface area (Å²) in [6.45, 7) is 0. The van der Waals surface area contributed by atoms with E-state index >= 15 is 0 Å². The van der Waals surface area contributed by atoms with E-state index in [1.54, 1.807) is 0 Å². The second kappa shape index (κ2) is 11.5. The third-order valence-electron chi connectivity index (χ3n) is 9.35. The van der Waals surface area contributed by atoms with Gasteiger partial charge in [0.2, 0.25) is 0 Å². The smallest absolute Gasteiger partial charge is 0.0702 e. The van der Waals surface area contributed by atoms with Crippen LogP contribution in [0.5, 0.6) is 0 Å². The highest BCUT2D eigenvalue weighted by Gasteiger charge is 2.21. The van der Waals surface area contributed by atoms with Crippen LogP contribution >= 0.6 is 0 Å². The third-order valence-corrected chi connectivity index (χ3v) is 9.35. The van der Waals surface area contributed by atoms with Gasteiger partial charge in [0.1, 0.15) is 0 Å². The first-order chi connectivity index (χ1) is 21.8. The van der Waals surface area contributed by atoms with Gasteiger partial charge < -0.3 is 0 Å². The van der Waals surface area contributed by atoms with Gasteiger partial charge in [0.05, 0.1) is 11.4 Å². The summed E-state index contributed by atoms with van der Waals surface area (Å²) < 4.78 is 0. The third kappa shape index (κ3) is 4.87. The monoisotopic (exact) mass is 566 g/mol. The summed E-state index contributed by atoms with van der Waals surface area (Å²) in [4.78, 5) is 9.32. The number of benzene rings is 5.